The monoisotopic (exact) mass is 537 g/mol. The summed E-state index contributed by atoms with van der Waals surface area (Å²) < 4.78 is 0. The van der Waals surface area contributed by atoms with Crippen molar-refractivity contribution in [1.82, 2.24) is 16.0 Å². The Bertz CT molecular complexity index is 979. The maximum absolute atomic E-state index is 13.2. The second-order valence-corrected chi connectivity index (χ2v) is 9.28. The van der Waals surface area contributed by atoms with Crippen molar-refractivity contribution in [2.24, 2.45) is 28.1 Å². The summed E-state index contributed by atoms with van der Waals surface area (Å²) in [6.07, 6.45) is -0.785. The van der Waals surface area contributed by atoms with Gasteiger partial charge in [-0.15, -0.1) is 0 Å². The van der Waals surface area contributed by atoms with E-state index in [9.17, 15) is 34.5 Å². The van der Waals surface area contributed by atoms with Crippen molar-refractivity contribution in [2.45, 2.75) is 70.3 Å². The number of amides is 3. The zero-order valence-electron chi connectivity index (χ0n) is 21.8. The van der Waals surface area contributed by atoms with Gasteiger partial charge < -0.3 is 48.5 Å². The van der Waals surface area contributed by atoms with E-state index in [1.165, 1.54) is 19.1 Å². The highest BCUT2D eigenvalue weighted by molar-refractivity contribution is 5.94. The van der Waals surface area contributed by atoms with Crippen molar-refractivity contribution in [3.63, 3.8) is 0 Å². The van der Waals surface area contributed by atoms with Gasteiger partial charge in [0.2, 0.25) is 17.7 Å². The molecule has 14 nitrogen and oxygen atoms in total. The van der Waals surface area contributed by atoms with Crippen molar-refractivity contribution in [3.05, 3.63) is 29.8 Å². The normalized spacial score (nSPS) is 14.9. The van der Waals surface area contributed by atoms with E-state index in [0.717, 1.165) is 0 Å². The molecule has 1 aromatic carbocycles. The van der Waals surface area contributed by atoms with Gasteiger partial charge in [-0.25, -0.2) is 4.79 Å². The molecule has 0 saturated carbocycles. The summed E-state index contributed by atoms with van der Waals surface area (Å²) in [6, 6.07) is 0.964. The molecule has 0 spiro atoms. The number of aromatic hydroxyl groups is 1. The average Bonchev–Trinajstić information content (AvgIpc) is 2.83. The van der Waals surface area contributed by atoms with Crippen LogP contribution in [0.15, 0.2) is 29.3 Å². The minimum atomic E-state index is -1.50. The van der Waals surface area contributed by atoms with Crippen LogP contribution in [0.3, 0.4) is 0 Å². The Morgan fingerprint density at radius 3 is 2.00 bits per heavy atom. The minimum absolute atomic E-state index is 0.00515. The van der Waals surface area contributed by atoms with Crippen LogP contribution >= 0.6 is 0 Å². The van der Waals surface area contributed by atoms with Gasteiger partial charge in [0.25, 0.3) is 0 Å². The summed E-state index contributed by atoms with van der Waals surface area (Å²) >= 11 is 0. The van der Waals surface area contributed by atoms with Gasteiger partial charge in [-0.2, -0.15) is 0 Å². The summed E-state index contributed by atoms with van der Waals surface area (Å²) in [7, 11) is 0. The molecule has 5 atom stereocenters. The first kappa shape index (κ1) is 32.1. The number of carbonyl (C=O) groups is 4. The number of carbonyl (C=O) groups excluding carboxylic acids is 3. The van der Waals surface area contributed by atoms with Crippen LogP contribution < -0.4 is 33.2 Å². The number of aliphatic carboxylic acids is 1. The van der Waals surface area contributed by atoms with E-state index >= 15 is 0 Å². The van der Waals surface area contributed by atoms with Gasteiger partial charge in [0.05, 0.1) is 12.1 Å². The van der Waals surface area contributed by atoms with Crippen LogP contribution in [-0.4, -0.2) is 81.8 Å². The minimum Gasteiger partial charge on any atom is -0.508 e. The largest absolute Gasteiger partial charge is 0.508 e. The smallest absolute Gasteiger partial charge is 0.326 e. The van der Waals surface area contributed by atoms with Crippen LogP contribution in [0, 0.1) is 5.92 Å². The first-order valence-corrected chi connectivity index (χ1v) is 12.1. The number of guanidine groups is 1. The van der Waals surface area contributed by atoms with Crippen molar-refractivity contribution in [3.8, 4) is 5.75 Å². The van der Waals surface area contributed by atoms with Crippen molar-refractivity contribution in [1.29, 1.82) is 0 Å². The van der Waals surface area contributed by atoms with E-state index in [1.807, 2.05) is 0 Å². The van der Waals surface area contributed by atoms with E-state index < -0.39 is 59.9 Å². The second-order valence-electron chi connectivity index (χ2n) is 9.28. The van der Waals surface area contributed by atoms with E-state index in [0.29, 0.717) is 12.0 Å². The molecule has 0 aliphatic rings. The number of hydrogen-bond donors (Lipinski definition) is 9. The maximum atomic E-state index is 13.2. The summed E-state index contributed by atoms with van der Waals surface area (Å²) in [6.45, 7) is 4.72. The molecule has 0 fully saturated rings. The zero-order chi connectivity index (χ0) is 29.0. The number of carboxylic acid groups (broad SMARTS) is 1. The van der Waals surface area contributed by atoms with Gasteiger partial charge in [-0.3, -0.25) is 19.4 Å². The number of carboxylic acids is 1. The molecule has 14 heteroatoms. The summed E-state index contributed by atoms with van der Waals surface area (Å²) in [5.74, 6) is -4.17. The zero-order valence-corrected chi connectivity index (χ0v) is 21.8. The SMILES string of the molecule is CC(C)C(NC(=O)C(NC(=O)C(Cc1ccc(O)cc1)NC(=O)C(N)CCCN=C(N)N)C(C)O)C(=O)O. The van der Waals surface area contributed by atoms with Gasteiger partial charge in [0.15, 0.2) is 5.96 Å². The number of phenols is 1. The van der Waals surface area contributed by atoms with Crippen LogP contribution in [0.4, 0.5) is 0 Å². The number of nitrogens with one attached hydrogen (secondary N) is 3. The lowest BCUT2D eigenvalue weighted by Gasteiger charge is -2.27. The molecule has 12 N–H and O–H groups in total. The molecule has 38 heavy (non-hydrogen) atoms. The summed E-state index contributed by atoms with van der Waals surface area (Å²) in [4.78, 5) is 54.0. The average molecular weight is 538 g/mol. The number of rotatable bonds is 15. The van der Waals surface area contributed by atoms with Gasteiger partial charge in [0, 0.05) is 13.0 Å². The molecular formula is C24H39N7O7. The Labute approximate surface area is 221 Å². The highest BCUT2D eigenvalue weighted by atomic mass is 16.4. The molecule has 0 aromatic heterocycles. The molecule has 0 bridgehead atoms. The number of hydrogen-bond acceptors (Lipinski definition) is 8. The van der Waals surface area contributed by atoms with Crippen LogP contribution in [-0.2, 0) is 25.6 Å². The van der Waals surface area contributed by atoms with E-state index in [4.69, 9.17) is 17.2 Å². The van der Waals surface area contributed by atoms with Gasteiger partial charge in [0.1, 0.15) is 23.9 Å². The number of benzene rings is 1. The fraction of sp³-hybridized carbons (Fsp3) is 0.542. The number of aliphatic imine (C=N–C) groups is 1. The van der Waals surface area contributed by atoms with Crippen LogP contribution in [0.2, 0.25) is 0 Å². The lowest BCUT2D eigenvalue weighted by Crippen LogP contribution is -2.60. The standard InChI is InChI=1S/C24H39N7O7/c1-12(2)18(23(37)38)30-22(36)19(13(3)32)31-21(35)17(11-14-6-8-15(33)9-7-14)29-20(34)16(25)5-4-10-28-24(26)27/h6-9,12-13,16-19,32-33H,4-5,10-11,25H2,1-3H3,(H,29,34)(H,30,36)(H,31,35)(H,37,38)(H4,26,27,28). The Balaban J connectivity index is 3.06. The highest BCUT2D eigenvalue weighted by Crippen LogP contribution is 2.12. The molecule has 0 radical (unpaired) electrons. The summed E-state index contributed by atoms with van der Waals surface area (Å²) in [5, 5.41) is 36.3. The number of nitrogens with zero attached hydrogens (tertiary/aromatic N) is 1. The number of nitrogens with two attached hydrogens (primary N) is 3. The number of aliphatic hydroxyl groups excluding tert-OH is 1. The Hall–Kier alpha value is -3.91. The van der Waals surface area contributed by atoms with Gasteiger partial charge in [-0.1, -0.05) is 26.0 Å². The van der Waals surface area contributed by atoms with Crippen molar-refractivity contribution >= 4 is 29.7 Å². The molecule has 1 aromatic rings. The van der Waals surface area contributed by atoms with Crippen LogP contribution in [0.25, 0.3) is 0 Å². The molecule has 3 amide bonds. The fourth-order valence-electron chi connectivity index (χ4n) is 3.42. The van der Waals surface area contributed by atoms with Crippen molar-refractivity contribution < 1.29 is 34.5 Å². The van der Waals surface area contributed by atoms with E-state index in [1.54, 1.807) is 26.0 Å². The molecule has 0 saturated heterocycles. The highest BCUT2D eigenvalue weighted by Gasteiger charge is 2.33. The first-order chi connectivity index (χ1) is 17.7. The van der Waals surface area contributed by atoms with Crippen molar-refractivity contribution in [2.75, 3.05) is 6.54 Å². The summed E-state index contributed by atoms with van der Waals surface area (Å²) in [5.41, 5.74) is 17.1. The molecule has 212 valence electrons. The third kappa shape index (κ3) is 11.0. The van der Waals surface area contributed by atoms with E-state index in [2.05, 4.69) is 20.9 Å². The van der Waals surface area contributed by atoms with Gasteiger partial charge in [-0.05, 0) is 43.4 Å². The third-order valence-corrected chi connectivity index (χ3v) is 5.61. The second kappa shape index (κ2) is 15.4. The van der Waals surface area contributed by atoms with E-state index in [-0.39, 0.29) is 31.1 Å². The third-order valence-electron chi connectivity index (χ3n) is 5.61. The molecule has 0 aliphatic carbocycles. The number of aliphatic hydroxyl groups is 1. The van der Waals surface area contributed by atoms with Gasteiger partial charge >= 0.3 is 5.97 Å². The fourth-order valence-corrected chi connectivity index (χ4v) is 3.42. The topological polar surface area (TPSA) is 255 Å². The number of phenolic OH excluding ortho intramolecular Hbond substituents is 1. The molecular weight excluding hydrogens is 498 g/mol. The molecule has 0 aliphatic heterocycles. The first-order valence-electron chi connectivity index (χ1n) is 12.1. The Morgan fingerprint density at radius 1 is 0.921 bits per heavy atom. The Morgan fingerprint density at radius 2 is 1.50 bits per heavy atom. The maximum Gasteiger partial charge on any atom is 0.326 e. The predicted molar refractivity (Wildman–Crippen MR) is 140 cm³/mol. The van der Waals surface area contributed by atoms with Crippen LogP contribution in [0.1, 0.15) is 39.2 Å². The molecule has 1 rings (SSSR count). The predicted octanol–water partition coefficient (Wildman–Crippen LogP) is -2.11. The quantitative estimate of drug-likeness (QED) is 0.0668. The molecule has 0 heterocycles. The Kier molecular flexibility index (Phi) is 13.0. The van der Waals surface area contributed by atoms with Crippen LogP contribution in [0.5, 0.6) is 5.75 Å². The lowest BCUT2D eigenvalue weighted by molar-refractivity contribution is -0.144. The lowest BCUT2D eigenvalue weighted by atomic mass is 10.0. The molecule has 5 unspecified atom stereocenters.